The molecule has 0 heterocycles. The molecule has 0 saturated heterocycles. The van der Waals surface area contributed by atoms with Gasteiger partial charge in [0.2, 0.25) is 0 Å². The first-order valence-corrected chi connectivity index (χ1v) is 7.99. The van der Waals surface area contributed by atoms with E-state index in [4.69, 9.17) is 4.74 Å². The highest BCUT2D eigenvalue weighted by Gasteiger charge is 2.52. The standard InChI is InChI=1S/C16H24BrNO/c1-4-16(5-2)14(18-3)10-15(16)19-11-12-8-6-7-9-13(12)17/h6-9,14-15,18H,4-5,10-11H2,1-3H3. The van der Waals surface area contributed by atoms with E-state index < -0.39 is 0 Å². The lowest BCUT2D eigenvalue weighted by Gasteiger charge is -2.55. The first kappa shape index (κ1) is 15.0. The number of nitrogens with one attached hydrogen (secondary N) is 1. The smallest absolute Gasteiger partial charge is 0.0731 e. The Balaban J connectivity index is 1.99. The number of hydrogen-bond acceptors (Lipinski definition) is 2. The van der Waals surface area contributed by atoms with Crippen molar-refractivity contribution < 1.29 is 4.74 Å². The molecule has 1 aliphatic carbocycles. The molecule has 0 aliphatic heterocycles. The van der Waals surface area contributed by atoms with Crippen LogP contribution in [0.4, 0.5) is 0 Å². The summed E-state index contributed by atoms with van der Waals surface area (Å²) in [6.45, 7) is 5.26. The highest BCUT2D eigenvalue weighted by Crippen LogP contribution is 2.49. The van der Waals surface area contributed by atoms with Gasteiger partial charge >= 0.3 is 0 Å². The van der Waals surface area contributed by atoms with E-state index in [1.54, 1.807) is 0 Å². The fraction of sp³-hybridized carbons (Fsp3) is 0.625. The quantitative estimate of drug-likeness (QED) is 0.849. The van der Waals surface area contributed by atoms with Crippen LogP contribution >= 0.6 is 15.9 Å². The maximum absolute atomic E-state index is 6.20. The molecule has 1 aromatic rings. The van der Waals surface area contributed by atoms with Crippen molar-refractivity contribution in [2.24, 2.45) is 5.41 Å². The van der Waals surface area contributed by atoms with Gasteiger partial charge in [-0.25, -0.2) is 0 Å². The van der Waals surface area contributed by atoms with Crippen molar-refractivity contribution in [3.05, 3.63) is 34.3 Å². The van der Waals surface area contributed by atoms with Crippen molar-refractivity contribution in [3.8, 4) is 0 Å². The van der Waals surface area contributed by atoms with Crippen molar-refractivity contribution in [1.29, 1.82) is 0 Å². The summed E-state index contributed by atoms with van der Waals surface area (Å²) in [5.41, 5.74) is 1.55. The van der Waals surface area contributed by atoms with Gasteiger partial charge in [0, 0.05) is 15.9 Å². The molecule has 0 spiro atoms. The number of halogens is 1. The molecule has 0 amide bonds. The molecule has 1 aromatic carbocycles. The average Bonchev–Trinajstić information content (AvgIpc) is 2.41. The maximum atomic E-state index is 6.20. The number of hydrogen-bond donors (Lipinski definition) is 1. The van der Waals surface area contributed by atoms with Gasteiger partial charge in [-0.2, -0.15) is 0 Å². The Morgan fingerprint density at radius 1 is 1.32 bits per heavy atom. The maximum Gasteiger partial charge on any atom is 0.0731 e. The Kier molecular flexibility index (Phi) is 5.04. The molecule has 19 heavy (non-hydrogen) atoms. The predicted molar refractivity (Wildman–Crippen MR) is 83.2 cm³/mol. The van der Waals surface area contributed by atoms with E-state index in [-0.39, 0.29) is 0 Å². The van der Waals surface area contributed by atoms with Crippen LogP contribution in [-0.2, 0) is 11.3 Å². The zero-order valence-corrected chi connectivity index (χ0v) is 13.7. The Hall–Kier alpha value is -0.380. The lowest BCUT2D eigenvalue weighted by molar-refractivity contribution is -0.145. The predicted octanol–water partition coefficient (Wildman–Crippen LogP) is 4.13. The van der Waals surface area contributed by atoms with Crippen LogP contribution in [0.2, 0.25) is 0 Å². The molecule has 2 nitrogen and oxygen atoms in total. The van der Waals surface area contributed by atoms with E-state index in [2.05, 4.69) is 60.3 Å². The largest absolute Gasteiger partial charge is 0.373 e. The Labute approximate surface area is 125 Å². The van der Waals surface area contributed by atoms with Crippen LogP contribution in [0.3, 0.4) is 0 Å². The molecule has 1 fully saturated rings. The Morgan fingerprint density at radius 3 is 2.58 bits per heavy atom. The highest BCUT2D eigenvalue weighted by molar-refractivity contribution is 9.10. The Bertz CT molecular complexity index is 417. The van der Waals surface area contributed by atoms with Gasteiger partial charge in [0.05, 0.1) is 12.7 Å². The third-order valence-electron chi connectivity index (χ3n) is 4.85. The van der Waals surface area contributed by atoms with E-state index >= 15 is 0 Å². The van der Waals surface area contributed by atoms with Crippen LogP contribution < -0.4 is 5.32 Å². The summed E-state index contributed by atoms with van der Waals surface area (Å²) in [7, 11) is 2.06. The van der Waals surface area contributed by atoms with Crippen molar-refractivity contribution in [2.75, 3.05) is 7.05 Å². The van der Waals surface area contributed by atoms with Crippen LogP contribution in [0.25, 0.3) is 0 Å². The van der Waals surface area contributed by atoms with Gasteiger partial charge < -0.3 is 10.1 Å². The van der Waals surface area contributed by atoms with Gasteiger partial charge in [-0.05, 0) is 37.9 Å². The topological polar surface area (TPSA) is 21.3 Å². The minimum absolute atomic E-state index is 0.315. The van der Waals surface area contributed by atoms with Crippen LogP contribution in [0.1, 0.15) is 38.7 Å². The summed E-state index contributed by atoms with van der Waals surface area (Å²) in [5.74, 6) is 0. The van der Waals surface area contributed by atoms with E-state index in [9.17, 15) is 0 Å². The SMILES string of the molecule is CCC1(CC)C(NC)CC1OCc1ccccc1Br. The second-order valence-electron chi connectivity index (χ2n) is 5.41. The van der Waals surface area contributed by atoms with Gasteiger partial charge in [0.1, 0.15) is 0 Å². The van der Waals surface area contributed by atoms with Crippen LogP contribution in [0.5, 0.6) is 0 Å². The lowest BCUT2D eigenvalue weighted by Crippen LogP contribution is -2.62. The van der Waals surface area contributed by atoms with Gasteiger partial charge in [-0.3, -0.25) is 0 Å². The fourth-order valence-electron chi connectivity index (χ4n) is 3.39. The van der Waals surface area contributed by atoms with Gasteiger partial charge in [-0.1, -0.05) is 48.0 Å². The van der Waals surface area contributed by atoms with Crippen LogP contribution in [-0.4, -0.2) is 19.2 Å². The van der Waals surface area contributed by atoms with Crippen molar-refractivity contribution in [1.82, 2.24) is 5.32 Å². The zero-order valence-electron chi connectivity index (χ0n) is 12.1. The van der Waals surface area contributed by atoms with Gasteiger partial charge in [-0.15, -0.1) is 0 Å². The first-order valence-electron chi connectivity index (χ1n) is 7.20. The molecule has 2 unspecified atom stereocenters. The van der Waals surface area contributed by atoms with E-state index in [0.29, 0.717) is 24.2 Å². The molecule has 2 rings (SSSR count). The van der Waals surface area contributed by atoms with Crippen LogP contribution in [0, 0.1) is 5.41 Å². The minimum atomic E-state index is 0.315. The third kappa shape index (κ3) is 2.74. The molecule has 2 atom stereocenters. The molecule has 0 bridgehead atoms. The second-order valence-corrected chi connectivity index (χ2v) is 6.26. The summed E-state index contributed by atoms with van der Waals surface area (Å²) >= 11 is 3.58. The second kappa shape index (κ2) is 6.38. The minimum Gasteiger partial charge on any atom is -0.373 e. The number of rotatable bonds is 6. The van der Waals surface area contributed by atoms with Gasteiger partial charge in [0.15, 0.2) is 0 Å². The van der Waals surface area contributed by atoms with E-state index in [1.807, 2.05) is 6.07 Å². The number of benzene rings is 1. The lowest BCUT2D eigenvalue weighted by atomic mass is 9.58. The van der Waals surface area contributed by atoms with Gasteiger partial charge in [0.25, 0.3) is 0 Å². The highest BCUT2D eigenvalue weighted by atomic mass is 79.9. The monoisotopic (exact) mass is 325 g/mol. The summed E-state index contributed by atoms with van der Waals surface area (Å²) in [5, 5.41) is 3.44. The number of ether oxygens (including phenoxy) is 1. The normalized spacial score (nSPS) is 25.1. The van der Waals surface area contributed by atoms with E-state index in [1.165, 1.54) is 18.4 Å². The molecule has 106 valence electrons. The summed E-state index contributed by atoms with van der Waals surface area (Å²) < 4.78 is 7.34. The summed E-state index contributed by atoms with van der Waals surface area (Å²) in [4.78, 5) is 0. The molecule has 3 heteroatoms. The molecule has 0 radical (unpaired) electrons. The average molecular weight is 326 g/mol. The summed E-state index contributed by atoms with van der Waals surface area (Å²) in [6, 6.07) is 8.90. The summed E-state index contributed by atoms with van der Waals surface area (Å²) in [6.07, 6.45) is 3.86. The van der Waals surface area contributed by atoms with Crippen molar-refractivity contribution in [2.45, 2.75) is 51.9 Å². The van der Waals surface area contributed by atoms with Crippen molar-refractivity contribution in [3.63, 3.8) is 0 Å². The van der Waals surface area contributed by atoms with E-state index in [0.717, 1.165) is 10.9 Å². The molecule has 0 aromatic heterocycles. The van der Waals surface area contributed by atoms with Crippen molar-refractivity contribution >= 4 is 15.9 Å². The molecular formula is C16H24BrNO. The molecule has 1 N–H and O–H groups in total. The van der Waals surface area contributed by atoms with Crippen LogP contribution in [0.15, 0.2) is 28.7 Å². The molecule has 1 aliphatic rings. The zero-order chi connectivity index (χ0) is 13.9. The molecule has 1 saturated carbocycles. The first-order chi connectivity index (χ1) is 9.17. The third-order valence-corrected chi connectivity index (χ3v) is 5.62. The molecular weight excluding hydrogens is 302 g/mol. The Morgan fingerprint density at radius 2 is 2.00 bits per heavy atom. The fourth-order valence-corrected chi connectivity index (χ4v) is 3.79.